The fraction of sp³-hybridized carbons (Fsp3) is 0.231. The second-order valence-corrected chi connectivity index (χ2v) is 4.96. The highest BCUT2D eigenvalue weighted by Crippen LogP contribution is 2.18. The third kappa shape index (κ3) is 2.94. The number of carbonyl (C=O) groups is 1. The third-order valence-corrected chi connectivity index (χ3v) is 3.58. The zero-order valence-electron chi connectivity index (χ0n) is 10.0. The number of hydrogen-bond acceptors (Lipinski definition) is 4. The first-order chi connectivity index (χ1) is 8.68. The summed E-state index contributed by atoms with van der Waals surface area (Å²) in [5.74, 6) is -0.185. The Bertz CT molecular complexity index is 498. The van der Waals surface area contributed by atoms with Gasteiger partial charge in [0, 0.05) is 11.1 Å². The largest absolute Gasteiger partial charge is 0.346 e. The van der Waals surface area contributed by atoms with Gasteiger partial charge in [-0.05, 0) is 30.5 Å². The molecule has 2 atom stereocenters. The Labute approximate surface area is 110 Å². The number of carbonyl (C=O) groups excluding carboxylic acids is 1. The molecule has 94 valence electrons. The number of hydrogen-bond donors (Lipinski definition) is 2. The fourth-order valence-electron chi connectivity index (χ4n) is 1.61. The van der Waals surface area contributed by atoms with Crippen molar-refractivity contribution < 1.29 is 4.79 Å². The van der Waals surface area contributed by atoms with Crippen LogP contribution >= 0.6 is 11.3 Å². The summed E-state index contributed by atoms with van der Waals surface area (Å²) in [7, 11) is 0. The first-order valence-electron chi connectivity index (χ1n) is 5.69. The Morgan fingerprint density at radius 1 is 1.39 bits per heavy atom. The number of nitrogens with one attached hydrogen (secondary N) is 1. The molecule has 1 unspecified atom stereocenters. The average Bonchev–Trinajstić information content (AvgIpc) is 2.92. The van der Waals surface area contributed by atoms with Crippen molar-refractivity contribution in [3.63, 3.8) is 0 Å². The molecule has 2 rings (SSSR count). The number of nitrogens with two attached hydrogens (primary N) is 1. The highest BCUT2D eigenvalue weighted by Gasteiger charge is 2.19. The monoisotopic (exact) mass is 261 g/mol. The van der Waals surface area contributed by atoms with Gasteiger partial charge in [0.15, 0.2) is 0 Å². The molecule has 0 radical (unpaired) electrons. The summed E-state index contributed by atoms with van der Waals surface area (Å²) in [4.78, 5) is 17.0. The lowest BCUT2D eigenvalue weighted by molar-refractivity contribution is -0.123. The summed E-state index contributed by atoms with van der Waals surface area (Å²) in [5, 5.41) is 4.77. The predicted molar refractivity (Wildman–Crippen MR) is 72.0 cm³/mol. The minimum Gasteiger partial charge on any atom is -0.346 e. The Morgan fingerprint density at radius 2 is 2.22 bits per heavy atom. The van der Waals surface area contributed by atoms with Crippen molar-refractivity contribution in [3.8, 4) is 0 Å². The molecule has 2 heterocycles. The summed E-state index contributed by atoms with van der Waals surface area (Å²) >= 11 is 1.48. The minimum absolute atomic E-state index is 0.148. The predicted octanol–water partition coefficient (Wildman–Crippen LogP) is 2.02. The molecule has 3 N–H and O–H groups in total. The molecular weight excluding hydrogens is 246 g/mol. The maximum absolute atomic E-state index is 12.0. The quantitative estimate of drug-likeness (QED) is 0.884. The highest BCUT2D eigenvalue weighted by molar-refractivity contribution is 7.10. The van der Waals surface area contributed by atoms with Crippen molar-refractivity contribution in [1.82, 2.24) is 10.3 Å². The van der Waals surface area contributed by atoms with Crippen LogP contribution in [0.2, 0.25) is 0 Å². The molecular formula is C13H15N3OS. The number of thiophene rings is 1. The Kier molecular flexibility index (Phi) is 4.07. The summed E-state index contributed by atoms with van der Waals surface area (Å²) in [6.45, 7) is 1.89. The summed E-state index contributed by atoms with van der Waals surface area (Å²) < 4.78 is 0. The van der Waals surface area contributed by atoms with E-state index in [2.05, 4.69) is 10.3 Å². The maximum Gasteiger partial charge on any atom is 0.242 e. The zero-order valence-corrected chi connectivity index (χ0v) is 10.9. The molecule has 0 fully saturated rings. The van der Waals surface area contributed by atoms with Crippen LogP contribution < -0.4 is 11.1 Å². The molecule has 0 aromatic carbocycles. The minimum atomic E-state index is -0.615. The van der Waals surface area contributed by atoms with E-state index in [-0.39, 0.29) is 11.9 Å². The van der Waals surface area contributed by atoms with E-state index in [1.807, 2.05) is 42.6 Å². The molecule has 0 saturated carbocycles. The van der Waals surface area contributed by atoms with Crippen LogP contribution in [-0.2, 0) is 4.79 Å². The normalized spacial score (nSPS) is 13.9. The van der Waals surface area contributed by atoms with Crippen molar-refractivity contribution in [2.24, 2.45) is 5.73 Å². The van der Waals surface area contributed by atoms with E-state index >= 15 is 0 Å². The molecule has 0 aliphatic heterocycles. The van der Waals surface area contributed by atoms with Gasteiger partial charge in [-0.1, -0.05) is 12.1 Å². The van der Waals surface area contributed by atoms with Crippen molar-refractivity contribution in [2.45, 2.75) is 19.0 Å². The van der Waals surface area contributed by atoms with Crippen LogP contribution in [0.15, 0.2) is 41.9 Å². The SMILES string of the molecule is C[C@H](NC(=O)C(N)c1cccs1)c1ccccn1. The Morgan fingerprint density at radius 3 is 2.83 bits per heavy atom. The molecule has 0 saturated heterocycles. The molecule has 4 nitrogen and oxygen atoms in total. The summed E-state index contributed by atoms with van der Waals surface area (Å²) in [6.07, 6.45) is 1.71. The van der Waals surface area contributed by atoms with Crippen molar-refractivity contribution in [1.29, 1.82) is 0 Å². The van der Waals surface area contributed by atoms with Gasteiger partial charge in [0.2, 0.25) is 5.91 Å². The average molecular weight is 261 g/mol. The molecule has 0 aliphatic carbocycles. The van der Waals surface area contributed by atoms with Gasteiger partial charge in [0.05, 0.1) is 11.7 Å². The molecule has 2 aromatic rings. The van der Waals surface area contributed by atoms with Crippen LogP contribution in [0.5, 0.6) is 0 Å². The van der Waals surface area contributed by atoms with Crippen LogP contribution in [0.25, 0.3) is 0 Å². The number of amides is 1. The second-order valence-electron chi connectivity index (χ2n) is 3.98. The van der Waals surface area contributed by atoms with Crippen molar-refractivity contribution in [3.05, 3.63) is 52.5 Å². The highest BCUT2D eigenvalue weighted by atomic mass is 32.1. The van der Waals surface area contributed by atoms with Crippen LogP contribution in [-0.4, -0.2) is 10.9 Å². The van der Waals surface area contributed by atoms with E-state index in [0.717, 1.165) is 10.6 Å². The van der Waals surface area contributed by atoms with Gasteiger partial charge in [-0.25, -0.2) is 0 Å². The Hall–Kier alpha value is -1.72. The standard InChI is InChI=1S/C13H15N3OS/c1-9(10-5-2-3-7-15-10)16-13(17)12(14)11-6-4-8-18-11/h2-9,12H,14H2,1H3,(H,16,17)/t9-,12?/m0/s1. The number of nitrogens with zero attached hydrogens (tertiary/aromatic N) is 1. The fourth-order valence-corrected chi connectivity index (χ4v) is 2.33. The molecule has 0 bridgehead atoms. The van der Waals surface area contributed by atoms with Crippen LogP contribution in [0.3, 0.4) is 0 Å². The van der Waals surface area contributed by atoms with Gasteiger partial charge in [0.25, 0.3) is 0 Å². The molecule has 2 aromatic heterocycles. The van der Waals surface area contributed by atoms with Crippen LogP contribution in [0, 0.1) is 0 Å². The number of aromatic nitrogens is 1. The van der Waals surface area contributed by atoms with Gasteiger partial charge in [-0.3, -0.25) is 9.78 Å². The first kappa shape index (κ1) is 12.7. The number of pyridine rings is 1. The van der Waals surface area contributed by atoms with E-state index < -0.39 is 6.04 Å². The van der Waals surface area contributed by atoms with Crippen LogP contribution in [0.4, 0.5) is 0 Å². The summed E-state index contributed by atoms with van der Waals surface area (Å²) in [6, 6.07) is 8.59. The third-order valence-electron chi connectivity index (χ3n) is 2.62. The van der Waals surface area contributed by atoms with Gasteiger partial charge in [-0.2, -0.15) is 0 Å². The van der Waals surface area contributed by atoms with Gasteiger partial charge in [-0.15, -0.1) is 11.3 Å². The lowest BCUT2D eigenvalue weighted by Crippen LogP contribution is -2.35. The molecule has 0 aliphatic rings. The second kappa shape index (κ2) is 5.75. The topological polar surface area (TPSA) is 68.0 Å². The van der Waals surface area contributed by atoms with Crippen molar-refractivity contribution in [2.75, 3.05) is 0 Å². The molecule has 18 heavy (non-hydrogen) atoms. The molecule has 0 spiro atoms. The van der Waals surface area contributed by atoms with Gasteiger partial charge < -0.3 is 11.1 Å². The molecule has 5 heteroatoms. The smallest absolute Gasteiger partial charge is 0.242 e. The Balaban J connectivity index is 1.99. The van der Waals surface area contributed by atoms with E-state index in [0.29, 0.717) is 0 Å². The van der Waals surface area contributed by atoms with Crippen LogP contribution in [0.1, 0.15) is 29.6 Å². The first-order valence-corrected chi connectivity index (χ1v) is 6.56. The lowest BCUT2D eigenvalue weighted by atomic mass is 10.2. The summed E-state index contributed by atoms with van der Waals surface area (Å²) in [5.41, 5.74) is 6.71. The van der Waals surface area contributed by atoms with E-state index in [9.17, 15) is 4.79 Å². The zero-order chi connectivity index (χ0) is 13.0. The van der Waals surface area contributed by atoms with E-state index in [1.165, 1.54) is 11.3 Å². The van der Waals surface area contributed by atoms with E-state index in [1.54, 1.807) is 6.20 Å². The van der Waals surface area contributed by atoms with Gasteiger partial charge >= 0.3 is 0 Å². The van der Waals surface area contributed by atoms with Crippen molar-refractivity contribution >= 4 is 17.2 Å². The van der Waals surface area contributed by atoms with E-state index in [4.69, 9.17) is 5.73 Å². The maximum atomic E-state index is 12.0. The molecule has 1 amide bonds. The number of rotatable bonds is 4. The van der Waals surface area contributed by atoms with Gasteiger partial charge in [0.1, 0.15) is 6.04 Å². The lowest BCUT2D eigenvalue weighted by Gasteiger charge is -2.16.